The van der Waals surface area contributed by atoms with Gasteiger partial charge in [0.25, 0.3) is 11.6 Å². The fourth-order valence-electron chi connectivity index (χ4n) is 2.24. The Morgan fingerprint density at radius 2 is 1.84 bits per heavy atom. The quantitative estimate of drug-likeness (QED) is 0.618. The highest BCUT2D eigenvalue weighted by atomic mass is 35.5. The molecule has 1 aliphatic heterocycles. The molecule has 2 rings (SSSR count). The zero-order valence-corrected chi connectivity index (χ0v) is 11.2. The van der Waals surface area contributed by atoms with Crippen molar-refractivity contribution in [2.75, 3.05) is 13.1 Å². The maximum atomic E-state index is 12.3. The summed E-state index contributed by atoms with van der Waals surface area (Å²) in [5.74, 6) is -0.0984. The summed E-state index contributed by atoms with van der Waals surface area (Å²) in [6.07, 6.45) is 4.30. The summed E-state index contributed by atoms with van der Waals surface area (Å²) in [4.78, 5) is 24.2. The van der Waals surface area contributed by atoms with Gasteiger partial charge in [0.2, 0.25) is 0 Å². The summed E-state index contributed by atoms with van der Waals surface area (Å²) in [6.45, 7) is 1.49. The minimum Gasteiger partial charge on any atom is -0.339 e. The Balaban J connectivity index is 2.19. The number of nitro benzene ring substituents is 1. The maximum Gasteiger partial charge on any atom is 0.287 e. The molecule has 0 bridgehead atoms. The van der Waals surface area contributed by atoms with Crippen molar-refractivity contribution in [2.24, 2.45) is 0 Å². The van der Waals surface area contributed by atoms with Gasteiger partial charge in [0.05, 0.1) is 4.92 Å². The van der Waals surface area contributed by atoms with Crippen molar-refractivity contribution < 1.29 is 9.72 Å². The van der Waals surface area contributed by atoms with Crippen LogP contribution in [0.25, 0.3) is 0 Å². The molecular formula is C13H15ClN2O3. The van der Waals surface area contributed by atoms with E-state index in [0.717, 1.165) is 38.8 Å². The number of carbonyl (C=O) groups is 1. The third-order valence-electron chi connectivity index (χ3n) is 3.28. The Morgan fingerprint density at radius 3 is 2.37 bits per heavy atom. The minimum absolute atomic E-state index is 0.00525. The van der Waals surface area contributed by atoms with Gasteiger partial charge in [0.15, 0.2) is 0 Å². The number of likely N-dealkylation sites (tertiary alicyclic amines) is 1. The molecule has 0 radical (unpaired) electrons. The molecule has 5 nitrogen and oxygen atoms in total. The number of halogens is 1. The van der Waals surface area contributed by atoms with Crippen LogP contribution in [-0.4, -0.2) is 28.8 Å². The van der Waals surface area contributed by atoms with Crippen LogP contribution in [0.4, 0.5) is 5.69 Å². The first kappa shape index (κ1) is 13.8. The van der Waals surface area contributed by atoms with Gasteiger partial charge < -0.3 is 4.90 Å². The van der Waals surface area contributed by atoms with Gasteiger partial charge in [0.1, 0.15) is 5.02 Å². The van der Waals surface area contributed by atoms with Crippen LogP contribution in [0, 0.1) is 10.1 Å². The number of nitrogens with zero attached hydrogens (tertiary/aromatic N) is 2. The van der Waals surface area contributed by atoms with E-state index in [4.69, 9.17) is 11.6 Å². The second-order valence-corrected chi connectivity index (χ2v) is 5.04. The number of hydrogen-bond donors (Lipinski definition) is 0. The molecule has 0 aliphatic carbocycles. The molecule has 1 fully saturated rings. The highest BCUT2D eigenvalue weighted by Gasteiger charge is 2.20. The highest BCUT2D eigenvalue weighted by Crippen LogP contribution is 2.26. The third-order valence-corrected chi connectivity index (χ3v) is 3.59. The van der Waals surface area contributed by atoms with Crippen LogP contribution in [0.2, 0.25) is 5.02 Å². The molecule has 0 saturated carbocycles. The number of benzene rings is 1. The first-order valence-electron chi connectivity index (χ1n) is 6.33. The lowest BCUT2D eigenvalue weighted by Crippen LogP contribution is -2.31. The van der Waals surface area contributed by atoms with E-state index in [1.165, 1.54) is 18.2 Å². The minimum atomic E-state index is -0.553. The lowest BCUT2D eigenvalue weighted by Gasteiger charge is -2.20. The largest absolute Gasteiger partial charge is 0.339 e. The summed E-state index contributed by atoms with van der Waals surface area (Å²) < 4.78 is 0. The molecule has 1 amide bonds. The van der Waals surface area contributed by atoms with Gasteiger partial charge in [-0.3, -0.25) is 14.9 Å². The van der Waals surface area contributed by atoms with Gasteiger partial charge in [-0.2, -0.15) is 0 Å². The van der Waals surface area contributed by atoms with E-state index in [-0.39, 0.29) is 16.6 Å². The van der Waals surface area contributed by atoms with Gasteiger partial charge in [0, 0.05) is 24.7 Å². The standard InChI is InChI=1S/C13H15ClN2O3/c14-11-9-10(5-6-12(11)16(18)19)13(17)15-7-3-1-2-4-8-15/h5-6,9H,1-4,7-8H2. The molecule has 0 N–H and O–H groups in total. The van der Waals surface area contributed by atoms with Crippen molar-refractivity contribution in [3.63, 3.8) is 0 Å². The van der Waals surface area contributed by atoms with Gasteiger partial charge in [-0.15, -0.1) is 0 Å². The van der Waals surface area contributed by atoms with Gasteiger partial charge in [-0.05, 0) is 25.0 Å². The number of hydrogen-bond acceptors (Lipinski definition) is 3. The number of carbonyl (C=O) groups excluding carboxylic acids is 1. The Bertz CT molecular complexity index is 497. The average molecular weight is 283 g/mol. The summed E-state index contributed by atoms with van der Waals surface area (Å²) in [5, 5.41) is 10.7. The third kappa shape index (κ3) is 3.23. The number of nitro groups is 1. The van der Waals surface area contributed by atoms with E-state index < -0.39 is 4.92 Å². The van der Waals surface area contributed by atoms with Crippen LogP contribution >= 0.6 is 11.6 Å². The summed E-state index contributed by atoms with van der Waals surface area (Å²) in [6, 6.07) is 4.14. The van der Waals surface area contributed by atoms with Crippen LogP contribution in [0.15, 0.2) is 18.2 Å². The SMILES string of the molecule is O=C(c1ccc([N+](=O)[O-])c(Cl)c1)N1CCCCCC1. The highest BCUT2D eigenvalue weighted by molar-refractivity contribution is 6.33. The zero-order chi connectivity index (χ0) is 13.8. The number of amides is 1. The molecule has 19 heavy (non-hydrogen) atoms. The predicted molar refractivity (Wildman–Crippen MR) is 72.5 cm³/mol. The van der Waals surface area contributed by atoms with E-state index >= 15 is 0 Å². The Hall–Kier alpha value is -1.62. The van der Waals surface area contributed by atoms with Crippen molar-refractivity contribution in [3.8, 4) is 0 Å². The molecule has 1 heterocycles. The molecule has 1 saturated heterocycles. The lowest BCUT2D eigenvalue weighted by atomic mass is 10.1. The van der Waals surface area contributed by atoms with E-state index in [0.29, 0.717) is 5.56 Å². The molecule has 0 aromatic heterocycles. The second-order valence-electron chi connectivity index (χ2n) is 4.63. The van der Waals surface area contributed by atoms with Crippen molar-refractivity contribution in [1.82, 2.24) is 4.90 Å². The van der Waals surface area contributed by atoms with Crippen molar-refractivity contribution in [1.29, 1.82) is 0 Å². The molecule has 0 atom stereocenters. The van der Waals surface area contributed by atoms with Crippen molar-refractivity contribution in [2.45, 2.75) is 25.7 Å². The fourth-order valence-corrected chi connectivity index (χ4v) is 2.49. The average Bonchev–Trinajstić information content (AvgIpc) is 2.66. The molecular weight excluding hydrogens is 268 g/mol. The smallest absolute Gasteiger partial charge is 0.287 e. The molecule has 1 aromatic rings. The van der Waals surface area contributed by atoms with Gasteiger partial charge in [-0.25, -0.2) is 0 Å². The molecule has 0 spiro atoms. The Kier molecular flexibility index (Phi) is 4.37. The van der Waals surface area contributed by atoms with Crippen LogP contribution < -0.4 is 0 Å². The van der Waals surface area contributed by atoms with Crippen LogP contribution in [0.3, 0.4) is 0 Å². The topological polar surface area (TPSA) is 63.4 Å². The summed E-state index contributed by atoms with van der Waals surface area (Å²) in [5.41, 5.74) is 0.242. The lowest BCUT2D eigenvalue weighted by molar-refractivity contribution is -0.384. The molecule has 6 heteroatoms. The van der Waals surface area contributed by atoms with E-state index in [1.807, 2.05) is 0 Å². The van der Waals surface area contributed by atoms with Crippen LogP contribution in [0.1, 0.15) is 36.0 Å². The second kappa shape index (κ2) is 6.02. The molecule has 0 unspecified atom stereocenters. The molecule has 1 aliphatic rings. The summed E-state index contributed by atoms with van der Waals surface area (Å²) in [7, 11) is 0. The molecule has 1 aromatic carbocycles. The maximum absolute atomic E-state index is 12.3. The summed E-state index contributed by atoms with van der Waals surface area (Å²) >= 11 is 5.83. The van der Waals surface area contributed by atoms with Crippen LogP contribution in [0.5, 0.6) is 0 Å². The Labute approximate surface area is 116 Å². The number of rotatable bonds is 2. The monoisotopic (exact) mass is 282 g/mol. The van der Waals surface area contributed by atoms with Gasteiger partial charge in [-0.1, -0.05) is 24.4 Å². The van der Waals surface area contributed by atoms with E-state index in [2.05, 4.69) is 0 Å². The van der Waals surface area contributed by atoms with Crippen molar-refractivity contribution >= 4 is 23.2 Å². The normalized spacial score (nSPS) is 15.9. The van der Waals surface area contributed by atoms with Crippen LogP contribution in [-0.2, 0) is 0 Å². The van der Waals surface area contributed by atoms with Gasteiger partial charge >= 0.3 is 0 Å². The van der Waals surface area contributed by atoms with E-state index in [9.17, 15) is 14.9 Å². The predicted octanol–water partition coefficient (Wildman–Crippen LogP) is 3.26. The first-order valence-corrected chi connectivity index (χ1v) is 6.70. The molecule has 102 valence electrons. The zero-order valence-electron chi connectivity index (χ0n) is 10.5. The van der Waals surface area contributed by atoms with Crippen molar-refractivity contribution in [3.05, 3.63) is 38.9 Å². The Morgan fingerprint density at radius 1 is 1.21 bits per heavy atom. The first-order chi connectivity index (χ1) is 9.09. The fraction of sp³-hybridized carbons (Fsp3) is 0.462. The van der Waals surface area contributed by atoms with E-state index in [1.54, 1.807) is 4.90 Å².